The number of nitrogens with one attached hydrogen (secondary N) is 1. The van der Waals surface area contributed by atoms with Gasteiger partial charge >= 0.3 is 0 Å². The Labute approximate surface area is 115 Å². The Morgan fingerprint density at radius 3 is 2.32 bits per heavy atom. The molecule has 1 aromatic heterocycles. The fraction of sp³-hybridized carbons (Fsp3) is 0.375. The van der Waals surface area contributed by atoms with E-state index in [0.717, 1.165) is 11.4 Å². The maximum absolute atomic E-state index is 4.42. The van der Waals surface area contributed by atoms with Gasteiger partial charge in [-0.15, -0.1) is 0 Å². The van der Waals surface area contributed by atoms with Crippen LogP contribution in [-0.2, 0) is 0 Å². The van der Waals surface area contributed by atoms with Gasteiger partial charge < -0.3 is 5.32 Å². The molecule has 0 fully saturated rings. The van der Waals surface area contributed by atoms with Crippen molar-refractivity contribution < 1.29 is 0 Å². The van der Waals surface area contributed by atoms with Gasteiger partial charge in [0.2, 0.25) is 0 Å². The summed E-state index contributed by atoms with van der Waals surface area (Å²) in [6, 6.07) is 8.94. The first-order chi connectivity index (χ1) is 9.09. The van der Waals surface area contributed by atoms with Crippen LogP contribution in [0.5, 0.6) is 0 Å². The molecule has 0 bridgehead atoms. The van der Waals surface area contributed by atoms with Crippen LogP contribution < -0.4 is 5.32 Å². The van der Waals surface area contributed by atoms with E-state index in [1.165, 1.54) is 11.1 Å². The number of aryl methyl sites for hydroxylation is 2. The second kappa shape index (κ2) is 5.93. The number of aromatic nitrogens is 2. The zero-order valence-electron chi connectivity index (χ0n) is 12.0. The lowest BCUT2D eigenvalue weighted by atomic mass is 10.0. The fourth-order valence-corrected chi connectivity index (χ4v) is 2.46. The minimum atomic E-state index is 0.184. The molecule has 3 nitrogen and oxygen atoms in total. The van der Waals surface area contributed by atoms with Gasteiger partial charge in [-0.3, -0.25) is 9.97 Å². The number of benzene rings is 1. The summed E-state index contributed by atoms with van der Waals surface area (Å²) in [6.07, 6.45) is 3.48. The van der Waals surface area contributed by atoms with Gasteiger partial charge in [0, 0.05) is 24.5 Å². The van der Waals surface area contributed by atoms with Crippen LogP contribution in [-0.4, -0.2) is 9.97 Å². The first-order valence-corrected chi connectivity index (χ1v) is 6.68. The maximum Gasteiger partial charge on any atom is 0.0782 e. The van der Waals surface area contributed by atoms with Crippen LogP contribution in [0, 0.1) is 13.8 Å². The number of hydrogen-bond donors (Lipinski definition) is 1. The molecule has 19 heavy (non-hydrogen) atoms. The molecule has 2 rings (SSSR count). The third-order valence-electron chi connectivity index (χ3n) is 3.48. The summed E-state index contributed by atoms with van der Waals surface area (Å²) in [6.45, 7) is 8.46. The Bertz CT molecular complexity index is 502. The molecule has 2 atom stereocenters. The minimum Gasteiger partial charge on any atom is -0.302 e. The van der Waals surface area contributed by atoms with Crippen molar-refractivity contribution >= 4 is 0 Å². The maximum atomic E-state index is 4.42. The second-order valence-corrected chi connectivity index (χ2v) is 4.99. The molecule has 2 aromatic rings. The van der Waals surface area contributed by atoms with Crippen molar-refractivity contribution in [3.8, 4) is 0 Å². The standard InChI is InChI=1S/C16H21N3/c1-11-7-5-6-8-15(11)12(2)19-14(4)16-13(3)17-9-10-18-16/h5-10,12,14,19H,1-4H3/t12-,14?/m0/s1. The van der Waals surface area contributed by atoms with Gasteiger partial charge in [0.25, 0.3) is 0 Å². The van der Waals surface area contributed by atoms with E-state index in [1.54, 1.807) is 12.4 Å². The molecule has 1 heterocycles. The summed E-state index contributed by atoms with van der Waals surface area (Å²) in [5.74, 6) is 0. The molecule has 0 saturated heterocycles. The zero-order valence-corrected chi connectivity index (χ0v) is 12.0. The topological polar surface area (TPSA) is 37.8 Å². The van der Waals surface area contributed by atoms with Crippen molar-refractivity contribution in [1.29, 1.82) is 0 Å². The van der Waals surface area contributed by atoms with Crippen molar-refractivity contribution in [2.24, 2.45) is 0 Å². The summed E-state index contributed by atoms with van der Waals surface area (Å²) in [5, 5.41) is 3.59. The van der Waals surface area contributed by atoms with E-state index in [0.29, 0.717) is 0 Å². The molecule has 0 saturated carbocycles. The molecule has 1 aromatic carbocycles. The number of rotatable bonds is 4. The van der Waals surface area contributed by atoms with E-state index in [1.807, 2.05) is 6.92 Å². The Morgan fingerprint density at radius 1 is 0.947 bits per heavy atom. The highest BCUT2D eigenvalue weighted by Crippen LogP contribution is 2.21. The van der Waals surface area contributed by atoms with Gasteiger partial charge in [0.1, 0.15) is 0 Å². The van der Waals surface area contributed by atoms with Crippen molar-refractivity contribution in [3.05, 3.63) is 59.2 Å². The molecule has 1 unspecified atom stereocenters. The molecular weight excluding hydrogens is 234 g/mol. The molecule has 3 heteroatoms. The molecule has 0 spiro atoms. The van der Waals surface area contributed by atoms with E-state index in [9.17, 15) is 0 Å². The molecule has 0 aliphatic rings. The quantitative estimate of drug-likeness (QED) is 0.908. The van der Waals surface area contributed by atoms with E-state index in [2.05, 4.69) is 60.3 Å². The van der Waals surface area contributed by atoms with E-state index < -0.39 is 0 Å². The predicted molar refractivity (Wildman–Crippen MR) is 77.9 cm³/mol. The summed E-state index contributed by atoms with van der Waals surface area (Å²) < 4.78 is 0. The highest BCUT2D eigenvalue weighted by atomic mass is 15.0. The molecule has 100 valence electrons. The van der Waals surface area contributed by atoms with E-state index in [4.69, 9.17) is 0 Å². The first kappa shape index (κ1) is 13.7. The molecule has 0 aliphatic carbocycles. The third-order valence-corrected chi connectivity index (χ3v) is 3.48. The SMILES string of the molecule is Cc1ccccc1[C@H](C)NC(C)c1nccnc1C. The van der Waals surface area contributed by atoms with Crippen LogP contribution in [0.2, 0.25) is 0 Å². The van der Waals surface area contributed by atoms with Gasteiger partial charge in [0.15, 0.2) is 0 Å². The third kappa shape index (κ3) is 3.18. The van der Waals surface area contributed by atoms with Crippen molar-refractivity contribution in [2.45, 2.75) is 39.8 Å². The van der Waals surface area contributed by atoms with Crippen LogP contribution in [0.25, 0.3) is 0 Å². The molecule has 0 aliphatic heterocycles. The number of nitrogens with zero attached hydrogens (tertiary/aromatic N) is 2. The van der Waals surface area contributed by atoms with Gasteiger partial charge in [-0.2, -0.15) is 0 Å². The summed E-state index contributed by atoms with van der Waals surface area (Å²) in [7, 11) is 0. The molecule has 0 amide bonds. The lowest BCUT2D eigenvalue weighted by Crippen LogP contribution is -2.24. The number of hydrogen-bond acceptors (Lipinski definition) is 3. The highest BCUT2D eigenvalue weighted by Gasteiger charge is 2.15. The Hall–Kier alpha value is -1.74. The van der Waals surface area contributed by atoms with Crippen molar-refractivity contribution in [2.75, 3.05) is 0 Å². The molecule has 0 radical (unpaired) electrons. The van der Waals surface area contributed by atoms with Crippen LogP contribution in [0.3, 0.4) is 0 Å². The zero-order chi connectivity index (χ0) is 13.8. The Kier molecular flexibility index (Phi) is 4.27. The van der Waals surface area contributed by atoms with Crippen LogP contribution >= 0.6 is 0 Å². The highest BCUT2D eigenvalue weighted by molar-refractivity contribution is 5.28. The lowest BCUT2D eigenvalue weighted by Gasteiger charge is -2.22. The first-order valence-electron chi connectivity index (χ1n) is 6.68. The predicted octanol–water partition coefficient (Wildman–Crippen LogP) is 3.51. The average molecular weight is 255 g/mol. The van der Waals surface area contributed by atoms with Crippen molar-refractivity contribution in [3.63, 3.8) is 0 Å². The smallest absolute Gasteiger partial charge is 0.0782 e. The van der Waals surface area contributed by atoms with Gasteiger partial charge in [0.05, 0.1) is 11.4 Å². The van der Waals surface area contributed by atoms with Gasteiger partial charge in [-0.1, -0.05) is 24.3 Å². The molecular formula is C16H21N3. The van der Waals surface area contributed by atoms with E-state index in [-0.39, 0.29) is 12.1 Å². The van der Waals surface area contributed by atoms with Crippen LogP contribution in [0.1, 0.15) is 48.4 Å². The average Bonchev–Trinajstić information content (AvgIpc) is 2.39. The van der Waals surface area contributed by atoms with E-state index >= 15 is 0 Å². The van der Waals surface area contributed by atoms with Crippen LogP contribution in [0.15, 0.2) is 36.7 Å². The lowest BCUT2D eigenvalue weighted by molar-refractivity contribution is 0.481. The van der Waals surface area contributed by atoms with Crippen molar-refractivity contribution in [1.82, 2.24) is 15.3 Å². The fourth-order valence-electron chi connectivity index (χ4n) is 2.46. The minimum absolute atomic E-state index is 0.184. The largest absolute Gasteiger partial charge is 0.302 e. The van der Waals surface area contributed by atoms with Gasteiger partial charge in [-0.25, -0.2) is 0 Å². The Morgan fingerprint density at radius 2 is 1.63 bits per heavy atom. The summed E-state index contributed by atoms with van der Waals surface area (Å²) in [4.78, 5) is 8.72. The molecule has 1 N–H and O–H groups in total. The Balaban J connectivity index is 2.13. The second-order valence-electron chi connectivity index (χ2n) is 4.99. The van der Waals surface area contributed by atoms with Gasteiger partial charge in [-0.05, 0) is 38.8 Å². The summed E-state index contributed by atoms with van der Waals surface area (Å²) in [5.41, 5.74) is 4.64. The normalized spacial score (nSPS) is 14.1. The monoisotopic (exact) mass is 255 g/mol. The summed E-state index contributed by atoms with van der Waals surface area (Å²) >= 11 is 0. The van der Waals surface area contributed by atoms with Crippen LogP contribution in [0.4, 0.5) is 0 Å².